The number of hydrogen-bond donors (Lipinski definition) is 2. The molecule has 0 aliphatic carbocycles. The zero-order chi connectivity index (χ0) is 17.9. The van der Waals surface area contributed by atoms with Gasteiger partial charge in [-0.3, -0.25) is 9.59 Å². The predicted octanol–water partition coefficient (Wildman–Crippen LogP) is 3.85. The van der Waals surface area contributed by atoms with Gasteiger partial charge in [0.2, 0.25) is 11.8 Å². The predicted molar refractivity (Wildman–Crippen MR) is 105 cm³/mol. The summed E-state index contributed by atoms with van der Waals surface area (Å²) in [6.45, 7) is 15.6. The largest absolute Gasteiger partial charge is 0.356 e. The van der Waals surface area contributed by atoms with E-state index in [9.17, 15) is 9.59 Å². The highest BCUT2D eigenvalue weighted by molar-refractivity contribution is 6.76. The van der Waals surface area contributed by atoms with Crippen molar-refractivity contribution in [1.29, 1.82) is 0 Å². The molecule has 2 N–H and O–H groups in total. The van der Waals surface area contributed by atoms with E-state index < -0.39 is 16.1 Å². The minimum absolute atomic E-state index is 0.0760. The zero-order valence-corrected chi connectivity index (χ0v) is 18.2. The number of carbonyl (C=O) groups excluding carboxylic acids is 2. The van der Waals surface area contributed by atoms with Crippen molar-refractivity contribution in [3.8, 4) is 0 Å². The summed E-state index contributed by atoms with van der Waals surface area (Å²) < 4.78 is 0. The molecule has 23 heavy (non-hydrogen) atoms. The summed E-state index contributed by atoms with van der Waals surface area (Å²) in [6.07, 6.45) is 3.68. The first-order valence-electron chi connectivity index (χ1n) is 9.03. The first-order chi connectivity index (χ1) is 10.5. The molecule has 0 saturated carbocycles. The second-order valence-corrected chi connectivity index (χ2v) is 20.1. The van der Waals surface area contributed by atoms with Crippen LogP contribution in [-0.2, 0) is 9.59 Å². The normalized spacial score (nSPS) is 12.1. The lowest BCUT2D eigenvalue weighted by molar-refractivity contribution is -0.122. The summed E-state index contributed by atoms with van der Waals surface area (Å²) in [5.74, 6) is 0.152. The quantitative estimate of drug-likeness (QED) is 0.411. The first kappa shape index (κ1) is 22.4. The van der Waals surface area contributed by atoms with E-state index in [-0.39, 0.29) is 11.8 Å². The summed E-state index contributed by atoms with van der Waals surface area (Å²) in [6, 6.07) is 2.49. The lowest BCUT2D eigenvalue weighted by Crippen LogP contribution is -2.28. The third-order valence-corrected chi connectivity index (χ3v) is 7.37. The first-order valence-corrected chi connectivity index (χ1v) is 16.4. The maximum absolute atomic E-state index is 11.7. The van der Waals surface area contributed by atoms with Gasteiger partial charge in [-0.2, -0.15) is 0 Å². The monoisotopic (exact) mass is 358 g/mol. The Bertz CT molecular complexity index is 327. The van der Waals surface area contributed by atoms with E-state index in [4.69, 9.17) is 0 Å². The van der Waals surface area contributed by atoms with Gasteiger partial charge in [0.1, 0.15) is 0 Å². The molecule has 0 aromatic carbocycles. The molecule has 0 bridgehead atoms. The van der Waals surface area contributed by atoms with Crippen LogP contribution in [0.3, 0.4) is 0 Å². The van der Waals surface area contributed by atoms with Gasteiger partial charge >= 0.3 is 0 Å². The molecule has 0 unspecified atom stereocenters. The Morgan fingerprint density at radius 2 is 1.00 bits per heavy atom. The van der Waals surface area contributed by atoms with Gasteiger partial charge in [-0.05, 0) is 19.3 Å². The standard InChI is InChI=1S/C17H38N2O2Si2/c1-22(2,3)14-8-12-18-16(20)10-7-11-17(21)19-13-9-15-23(4,5)6/h7-15H2,1-6H3,(H,18,20)(H,19,21). The van der Waals surface area contributed by atoms with Crippen molar-refractivity contribution in [3.05, 3.63) is 0 Å². The lowest BCUT2D eigenvalue weighted by atomic mass is 10.2. The Morgan fingerprint density at radius 3 is 1.30 bits per heavy atom. The molecule has 0 rings (SSSR count). The molecule has 0 saturated heterocycles. The van der Waals surface area contributed by atoms with Crippen LogP contribution in [-0.4, -0.2) is 41.1 Å². The summed E-state index contributed by atoms with van der Waals surface area (Å²) >= 11 is 0. The highest BCUT2D eigenvalue weighted by Gasteiger charge is 2.13. The molecular weight excluding hydrogens is 320 g/mol. The molecule has 0 aliphatic heterocycles. The van der Waals surface area contributed by atoms with Crippen LogP contribution in [0.2, 0.25) is 51.4 Å². The zero-order valence-electron chi connectivity index (χ0n) is 16.2. The van der Waals surface area contributed by atoms with Crippen molar-refractivity contribution in [1.82, 2.24) is 10.6 Å². The van der Waals surface area contributed by atoms with E-state index >= 15 is 0 Å². The van der Waals surface area contributed by atoms with Crippen LogP contribution in [0.1, 0.15) is 32.1 Å². The molecule has 0 fully saturated rings. The highest BCUT2D eigenvalue weighted by Crippen LogP contribution is 2.10. The fraction of sp³-hybridized carbons (Fsp3) is 0.882. The van der Waals surface area contributed by atoms with Gasteiger partial charge in [0.05, 0.1) is 0 Å². The van der Waals surface area contributed by atoms with Gasteiger partial charge in [0.15, 0.2) is 0 Å². The maximum Gasteiger partial charge on any atom is 0.220 e. The van der Waals surface area contributed by atoms with Gasteiger partial charge < -0.3 is 10.6 Å². The van der Waals surface area contributed by atoms with Crippen molar-refractivity contribution in [3.63, 3.8) is 0 Å². The van der Waals surface area contributed by atoms with Crippen molar-refractivity contribution in [2.45, 2.75) is 83.5 Å². The molecule has 6 heteroatoms. The van der Waals surface area contributed by atoms with Gasteiger partial charge in [0, 0.05) is 42.1 Å². The summed E-state index contributed by atoms with van der Waals surface area (Å²) in [5.41, 5.74) is 0. The lowest BCUT2D eigenvalue weighted by Gasteiger charge is -2.15. The van der Waals surface area contributed by atoms with Crippen LogP contribution in [0.15, 0.2) is 0 Å². The van der Waals surface area contributed by atoms with Crippen LogP contribution in [0, 0.1) is 0 Å². The SMILES string of the molecule is C[Si](C)(C)CCCNC(=O)CCCC(=O)NCCC[Si](C)(C)C. The number of nitrogens with one attached hydrogen (secondary N) is 2. The Labute approximate surface area is 145 Å². The summed E-state index contributed by atoms with van der Waals surface area (Å²) in [7, 11) is -2.00. The molecule has 4 nitrogen and oxygen atoms in total. The van der Waals surface area contributed by atoms with Crippen LogP contribution in [0.25, 0.3) is 0 Å². The Morgan fingerprint density at radius 1 is 0.652 bits per heavy atom. The summed E-state index contributed by atoms with van der Waals surface area (Å²) in [4.78, 5) is 23.4. The Balaban J connectivity index is 3.54. The second kappa shape index (κ2) is 11.0. The highest BCUT2D eigenvalue weighted by atomic mass is 28.3. The molecule has 0 atom stereocenters. The minimum Gasteiger partial charge on any atom is -0.356 e. The Kier molecular flexibility index (Phi) is 10.7. The number of amides is 2. The van der Waals surface area contributed by atoms with Crippen molar-refractivity contribution in [2.75, 3.05) is 13.1 Å². The van der Waals surface area contributed by atoms with Gasteiger partial charge in [-0.1, -0.05) is 51.4 Å². The number of hydrogen-bond acceptors (Lipinski definition) is 2. The van der Waals surface area contributed by atoms with E-state index in [2.05, 4.69) is 49.9 Å². The van der Waals surface area contributed by atoms with Crippen molar-refractivity contribution in [2.24, 2.45) is 0 Å². The van der Waals surface area contributed by atoms with Crippen LogP contribution in [0.4, 0.5) is 0 Å². The molecule has 0 aromatic heterocycles. The average Bonchev–Trinajstić information content (AvgIpc) is 2.38. The number of rotatable bonds is 12. The van der Waals surface area contributed by atoms with E-state index in [1.807, 2.05) is 0 Å². The average molecular weight is 359 g/mol. The molecule has 0 aromatic rings. The van der Waals surface area contributed by atoms with E-state index in [0.29, 0.717) is 19.3 Å². The van der Waals surface area contributed by atoms with Gasteiger partial charge in [-0.25, -0.2) is 0 Å². The molecule has 0 heterocycles. The smallest absolute Gasteiger partial charge is 0.220 e. The third kappa shape index (κ3) is 17.6. The second-order valence-electron chi connectivity index (χ2n) is 8.88. The van der Waals surface area contributed by atoms with Crippen LogP contribution >= 0.6 is 0 Å². The van der Waals surface area contributed by atoms with Gasteiger partial charge in [-0.15, -0.1) is 0 Å². The van der Waals surface area contributed by atoms with E-state index in [1.165, 1.54) is 12.1 Å². The number of carbonyl (C=O) groups is 2. The van der Waals surface area contributed by atoms with Gasteiger partial charge in [0.25, 0.3) is 0 Å². The maximum atomic E-state index is 11.7. The minimum atomic E-state index is -0.999. The van der Waals surface area contributed by atoms with Crippen LogP contribution in [0.5, 0.6) is 0 Å². The molecule has 136 valence electrons. The fourth-order valence-electron chi connectivity index (χ4n) is 2.28. The van der Waals surface area contributed by atoms with E-state index in [1.54, 1.807) is 0 Å². The molecule has 0 spiro atoms. The molecule has 2 amide bonds. The Hall–Kier alpha value is -0.626. The summed E-state index contributed by atoms with van der Waals surface area (Å²) in [5, 5.41) is 5.91. The molecular formula is C17H38N2O2Si2. The molecule has 0 radical (unpaired) electrons. The van der Waals surface area contributed by atoms with Crippen LogP contribution < -0.4 is 10.6 Å². The molecule has 0 aliphatic rings. The topological polar surface area (TPSA) is 58.2 Å². The fourth-order valence-corrected chi connectivity index (χ4v) is 4.75. The van der Waals surface area contributed by atoms with E-state index in [0.717, 1.165) is 25.9 Å². The van der Waals surface area contributed by atoms with Crippen molar-refractivity contribution >= 4 is 28.0 Å². The third-order valence-electron chi connectivity index (χ3n) is 3.66. The van der Waals surface area contributed by atoms with Crippen molar-refractivity contribution < 1.29 is 9.59 Å².